The van der Waals surface area contributed by atoms with Gasteiger partial charge in [-0.1, -0.05) is 30.7 Å². The van der Waals surface area contributed by atoms with Crippen molar-refractivity contribution in [1.82, 2.24) is 9.80 Å². The SMILES string of the molecule is CN1CCN(Cc2ccc(C3(CN)CCC3)cc2)CC1. The lowest BCUT2D eigenvalue weighted by atomic mass is 9.64. The lowest BCUT2D eigenvalue weighted by molar-refractivity contribution is 0.148. The number of likely N-dealkylation sites (N-methyl/N-ethyl adjacent to an activating group) is 1. The molecule has 20 heavy (non-hydrogen) atoms. The maximum atomic E-state index is 5.99. The number of rotatable bonds is 4. The van der Waals surface area contributed by atoms with Crippen LogP contribution in [0.2, 0.25) is 0 Å². The van der Waals surface area contributed by atoms with Gasteiger partial charge in [-0.2, -0.15) is 0 Å². The molecule has 3 nitrogen and oxygen atoms in total. The summed E-state index contributed by atoms with van der Waals surface area (Å²) in [7, 11) is 2.21. The largest absolute Gasteiger partial charge is 0.330 e. The number of nitrogens with two attached hydrogens (primary N) is 1. The monoisotopic (exact) mass is 273 g/mol. The summed E-state index contributed by atoms with van der Waals surface area (Å²) in [5, 5.41) is 0. The van der Waals surface area contributed by atoms with Crippen LogP contribution in [-0.2, 0) is 12.0 Å². The van der Waals surface area contributed by atoms with E-state index in [0.29, 0.717) is 5.41 Å². The van der Waals surface area contributed by atoms with Crippen molar-refractivity contribution in [3.05, 3.63) is 35.4 Å². The van der Waals surface area contributed by atoms with Crippen molar-refractivity contribution in [1.29, 1.82) is 0 Å². The van der Waals surface area contributed by atoms with Gasteiger partial charge in [0.15, 0.2) is 0 Å². The van der Waals surface area contributed by atoms with Crippen molar-refractivity contribution in [2.24, 2.45) is 5.73 Å². The number of hydrogen-bond donors (Lipinski definition) is 1. The molecule has 0 atom stereocenters. The molecule has 2 fully saturated rings. The average Bonchev–Trinajstić information content (AvgIpc) is 2.43. The third-order valence-corrected chi connectivity index (χ3v) is 5.27. The van der Waals surface area contributed by atoms with Crippen LogP contribution in [0.15, 0.2) is 24.3 Å². The second-order valence-corrected chi connectivity index (χ2v) is 6.61. The fraction of sp³-hybridized carbons (Fsp3) is 0.647. The predicted octanol–water partition coefficient (Wildman–Crippen LogP) is 1.81. The lowest BCUT2D eigenvalue weighted by Gasteiger charge is -2.41. The van der Waals surface area contributed by atoms with Crippen LogP contribution in [0.1, 0.15) is 30.4 Å². The zero-order chi connectivity index (χ0) is 14.0. The normalized spacial score (nSPS) is 23.5. The van der Waals surface area contributed by atoms with Crippen molar-refractivity contribution >= 4 is 0 Å². The maximum absolute atomic E-state index is 5.99. The van der Waals surface area contributed by atoms with E-state index in [1.807, 2.05) is 0 Å². The zero-order valence-corrected chi connectivity index (χ0v) is 12.6. The second-order valence-electron chi connectivity index (χ2n) is 6.61. The topological polar surface area (TPSA) is 32.5 Å². The molecule has 0 unspecified atom stereocenters. The molecule has 1 saturated heterocycles. The van der Waals surface area contributed by atoms with Gasteiger partial charge < -0.3 is 10.6 Å². The van der Waals surface area contributed by atoms with Crippen molar-refractivity contribution in [3.8, 4) is 0 Å². The standard InChI is InChI=1S/C17H27N3/c1-19-9-11-20(12-10-19)13-15-3-5-16(6-4-15)17(14-18)7-2-8-17/h3-6H,2,7-14,18H2,1H3. The summed E-state index contributed by atoms with van der Waals surface area (Å²) in [6.07, 6.45) is 3.86. The molecule has 0 aromatic heterocycles. The molecule has 3 rings (SSSR count). The summed E-state index contributed by atoms with van der Waals surface area (Å²) < 4.78 is 0. The van der Waals surface area contributed by atoms with E-state index in [1.165, 1.54) is 56.6 Å². The van der Waals surface area contributed by atoms with Gasteiger partial charge in [0.25, 0.3) is 0 Å². The smallest absolute Gasteiger partial charge is 0.0234 e. The molecule has 1 aliphatic carbocycles. The molecule has 3 heteroatoms. The van der Waals surface area contributed by atoms with Gasteiger partial charge in [0.05, 0.1) is 0 Å². The molecule has 0 amide bonds. The second kappa shape index (κ2) is 5.84. The summed E-state index contributed by atoms with van der Waals surface area (Å²) in [6.45, 7) is 6.63. The Balaban J connectivity index is 1.61. The van der Waals surface area contributed by atoms with E-state index in [-0.39, 0.29) is 0 Å². The summed E-state index contributed by atoms with van der Waals surface area (Å²) in [6, 6.07) is 9.25. The minimum Gasteiger partial charge on any atom is -0.330 e. The number of benzene rings is 1. The number of nitrogens with zero attached hydrogens (tertiary/aromatic N) is 2. The molecule has 1 aliphatic heterocycles. The Morgan fingerprint density at radius 2 is 1.70 bits per heavy atom. The minimum atomic E-state index is 0.298. The Labute approximate surface area is 122 Å². The van der Waals surface area contributed by atoms with Crippen LogP contribution in [0.3, 0.4) is 0 Å². The predicted molar refractivity (Wildman–Crippen MR) is 83.8 cm³/mol. The summed E-state index contributed by atoms with van der Waals surface area (Å²) in [5.41, 5.74) is 9.17. The van der Waals surface area contributed by atoms with Crippen LogP contribution >= 0.6 is 0 Å². The Kier molecular flexibility index (Phi) is 4.11. The van der Waals surface area contributed by atoms with Gasteiger partial charge in [-0.25, -0.2) is 0 Å². The van der Waals surface area contributed by atoms with Gasteiger partial charge in [0.2, 0.25) is 0 Å². The van der Waals surface area contributed by atoms with Crippen LogP contribution < -0.4 is 5.73 Å². The van der Waals surface area contributed by atoms with Gasteiger partial charge in [-0.3, -0.25) is 4.90 Å². The third kappa shape index (κ3) is 2.76. The van der Waals surface area contributed by atoms with Crippen LogP contribution in [0.4, 0.5) is 0 Å². The highest BCUT2D eigenvalue weighted by molar-refractivity contribution is 5.31. The van der Waals surface area contributed by atoms with Crippen LogP contribution in [0.5, 0.6) is 0 Å². The van der Waals surface area contributed by atoms with Crippen LogP contribution in [-0.4, -0.2) is 49.6 Å². The van der Waals surface area contributed by atoms with Crippen molar-refractivity contribution in [2.75, 3.05) is 39.8 Å². The molecule has 110 valence electrons. The molecule has 2 aliphatic rings. The minimum absolute atomic E-state index is 0.298. The van der Waals surface area contributed by atoms with Gasteiger partial charge in [-0.15, -0.1) is 0 Å². The molecule has 2 N–H and O–H groups in total. The maximum Gasteiger partial charge on any atom is 0.0234 e. The van der Waals surface area contributed by atoms with Crippen molar-refractivity contribution in [3.63, 3.8) is 0 Å². The average molecular weight is 273 g/mol. The third-order valence-electron chi connectivity index (χ3n) is 5.27. The number of piperazine rings is 1. The number of hydrogen-bond acceptors (Lipinski definition) is 3. The van der Waals surface area contributed by atoms with E-state index in [2.05, 4.69) is 41.1 Å². The first-order chi connectivity index (χ1) is 9.72. The Morgan fingerprint density at radius 1 is 1.05 bits per heavy atom. The Morgan fingerprint density at radius 3 is 2.20 bits per heavy atom. The first-order valence-corrected chi connectivity index (χ1v) is 7.92. The van der Waals surface area contributed by atoms with E-state index in [4.69, 9.17) is 5.73 Å². The molecule has 0 bridgehead atoms. The molecule has 0 spiro atoms. The van der Waals surface area contributed by atoms with E-state index >= 15 is 0 Å². The van der Waals surface area contributed by atoms with Gasteiger partial charge >= 0.3 is 0 Å². The fourth-order valence-electron chi connectivity index (χ4n) is 3.44. The van der Waals surface area contributed by atoms with E-state index in [0.717, 1.165) is 13.1 Å². The van der Waals surface area contributed by atoms with E-state index in [1.54, 1.807) is 0 Å². The van der Waals surface area contributed by atoms with Crippen LogP contribution in [0, 0.1) is 0 Å². The molecule has 1 aromatic carbocycles. The highest BCUT2D eigenvalue weighted by Gasteiger charge is 2.36. The first kappa shape index (κ1) is 14.1. The zero-order valence-electron chi connectivity index (χ0n) is 12.6. The van der Waals surface area contributed by atoms with Gasteiger partial charge in [0, 0.05) is 44.7 Å². The summed E-state index contributed by atoms with van der Waals surface area (Å²) >= 11 is 0. The lowest BCUT2D eigenvalue weighted by Crippen LogP contribution is -2.44. The Bertz CT molecular complexity index is 423. The molecule has 0 radical (unpaired) electrons. The molecular formula is C17H27N3. The van der Waals surface area contributed by atoms with Gasteiger partial charge in [0.1, 0.15) is 0 Å². The quantitative estimate of drug-likeness (QED) is 0.908. The highest BCUT2D eigenvalue weighted by Crippen LogP contribution is 2.42. The molecule has 1 heterocycles. The first-order valence-electron chi connectivity index (χ1n) is 7.92. The van der Waals surface area contributed by atoms with Crippen molar-refractivity contribution < 1.29 is 0 Å². The van der Waals surface area contributed by atoms with E-state index in [9.17, 15) is 0 Å². The summed E-state index contributed by atoms with van der Waals surface area (Å²) in [4.78, 5) is 4.96. The fourth-order valence-corrected chi connectivity index (χ4v) is 3.44. The summed E-state index contributed by atoms with van der Waals surface area (Å²) in [5.74, 6) is 0. The van der Waals surface area contributed by atoms with Gasteiger partial charge in [-0.05, 0) is 31.0 Å². The molecular weight excluding hydrogens is 246 g/mol. The highest BCUT2D eigenvalue weighted by atomic mass is 15.2. The van der Waals surface area contributed by atoms with Crippen molar-refractivity contribution in [2.45, 2.75) is 31.2 Å². The molecule has 1 saturated carbocycles. The van der Waals surface area contributed by atoms with E-state index < -0.39 is 0 Å². The molecule has 1 aromatic rings. The van der Waals surface area contributed by atoms with Crippen LogP contribution in [0.25, 0.3) is 0 Å². The Hall–Kier alpha value is -0.900.